The van der Waals surface area contributed by atoms with Crippen LogP contribution in [0.25, 0.3) is 0 Å². The Labute approximate surface area is 167 Å². The average molecular weight is 383 g/mol. The van der Waals surface area contributed by atoms with Gasteiger partial charge in [-0.05, 0) is 38.1 Å². The molecule has 2 aromatic carbocycles. The van der Waals surface area contributed by atoms with Gasteiger partial charge in [-0.1, -0.05) is 17.7 Å². The van der Waals surface area contributed by atoms with Gasteiger partial charge in [-0.15, -0.1) is 0 Å². The minimum absolute atomic E-state index is 0.0422. The predicted molar refractivity (Wildman–Crippen MR) is 113 cm³/mol. The van der Waals surface area contributed by atoms with Crippen LogP contribution in [0.1, 0.15) is 12.5 Å². The van der Waals surface area contributed by atoms with E-state index in [-0.39, 0.29) is 5.91 Å². The third kappa shape index (κ3) is 4.75. The van der Waals surface area contributed by atoms with Gasteiger partial charge >= 0.3 is 0 Å². The zero-order valence-electron chi connectivity index (χ0n) is 17.1. The molecule has 0 aromatic heterocycles. The highest BCUT2D eigenvalue weighted by Gasteiger charge is 2.25. The van der Waals surface area contributed by atoms with Gasteiger partial charge in [-0.25, -0.2) is 0 Å². The van der Waals surface area contributed by atoms with Crippen LogP contribution in [-0.4, -0.2) is 57.2 Å². The summed E-state index contributed by atoms with van der Waals surface area (Å²) in [6, 6.07) is 14.3. The molecule has 1 fully saturated rings. The quantitative estimate of drug-likeness (QED) is 0.830. The molecule has 1 amide bonds. The number of nitrogens with zero attached hydrogens (tertiary/aromatic N) is 2. The third-order valence-corrected chi connectivity index (χ3v) is 5.13. The molecular weight excluding hydrogens is 354 g/mol. The van der Waals surface area contributed by atoms with Crippen LogP contribution in [0.4, 0.5) is 11.4 Å². The first kappa shape index (κ1) is 20.0. The molecule has 0 bridgehead atoms. The number of anilines is 2. The van der Waals surface area contributed by atoms with E-state index in [1.54, 1.807) is 32.4 Å². The van der Waals surface area contributed by atoms with Crippen molar-refractivity contribution in [2.24, 2.45) is 0 Å². The Hall–Kier alpha value is -2.73. The first-order chi connectivity index (χ1) is 13.5. The number of rotatable bonds is 6. The Bertz CT molecular complexity index is 807. The largest absolute Gasteiger partial charge is 0.497 e. The summed E-state index contributed by atoms with van der Waals surface area (Å²) in [5, 5.41) is 2.95. The number of piperazine rings is 1. The Kier molecular flexibility index (Phi) is 6.41. The van der Waals surface area contributed by atoms with Crippen molar-refractivity contribution in [1.82, 2.24) is 4.90 Å². The van der Waals surface area contributed by atoms with Gasteiger partial charge in [0, 0.05) is 37.4 Å². The van der Waals surface area contributed by atoms with Crippen LogP contribution in [0, 0.1) is 6.92 Å². The molecule has 150 valence electrons. The highest BCUT2D eigenvalue weighted by atomic mass is 16.5. The van der Waals surface area contributed by atoms with Crippen molar-refractivity contribution < 1.29 is 14.3 Å². The minimum Gasteiger partial charge on any atom is -0.497 e. The van der Waals surface area contributed by atoms with Crippen molar-refractivity contribution in [3.05, 3.63) is 48.0 Å². The second-order valence-corrected chi connectivity index (χ2v) is 7.23. The minimum atomic E-state index is -0.0422. The number of hydrogen-bond acceptors (Lipinski definition) is 5. The molecule has 1 N–H and O–H groups in total. The second kappa shape index (κ2) is 8.97. The average Bonchev–Trinajstić information content (AvgIpc) is 2.69. The van der Waals surface area contributed by atoms with Crippen LogP contribution >= 0.6 is 0 Å². The SMILES string of the molecule is COc1ccc(NC(=O)CN2CCN(c3ccc(C)cc3)C(C)C2)c(OC)c1. The van der Waals surface area contributed by atoms with Gasteiger partial charge in [-0.2, -0.15) is 0 Å². The van der Waals surface area contributed by atoms with E-state index in [9.17, 15) is 4.79 Å². The molecule has 0 aliphatic carbocycles. The van der Waals surface area contributed by atoms with Gasteiger partial charge in [0.15, 0.2) is 0 Å². The number of aryl methyl sites for hydroxylation is 1. The first-order valence-electron chi connectivity index (χ1n) is 9.57. The van der Waals surface area contributed by atoms with Crippen LogP contribution < -0.4 is 19.7 Å². The van der Waals surface area contributed by atoms with E-state index in [2.05, 4.69) is 53.2 Å². The van der Waals surface area contributed by atoms with E-state index in [4.69, 9.17) is 9.47 Å². The van der Waals surface area contributed by atoms with Gasteiger partial charge in [0.1, 0.15) is 11.5 Å². The third-order valence-electron chi connectivity index (χ3n) is 5.13. The van der Waals surface area contributed by atoms with E-state index in [0.717, 1.165) is 19.6 Å². The number of methoxy groups -OCH3 is 2. The first-order valence-corrected chi connectivity index (χ1v) is 9.57. The fourth-order valence-corrected chi connectivity index (χ4v) is 3.59. The molecule has 1 saturated heterocycles. The lowest BCUT2D eigenvalue weighted by molar-refractivity contribution is -0.117. The van der Waals surface area contributed by atoms with E-state index >= 15 is 0 Å². The van der Waals surface area contributed by atoms with Gasteiger partial charge < -0.3 is 19.7 Å². The number of nitrogens with one attached hydrogen (secondary N) is 1. The summed E-state index contributed by atoms with van der Waals surface area (Å²) in [6.45, 7) is 7.27. The normalized spacial score (nSPS) is 17.3. The molecule has 1 heterocycles. The molecule has 0 saturated carbocycles. The lowest BCUT2D eigenvalue weighted by atomic mass is 10.1. The summed E-state index contributed by atoms with van der Waals surface area (Å²) >= 11 is 0. The topological polar surface area (TPSA) is 54.0 Å². The maximum Gasteiger partial charge on any atom is 0.238 e. The molecule has 1 aliphatic heterocycles. The molecular formula is C22H29N3O3. The Morgan fingerprint density at radius 1 is 1.11 bits per heavy atom. The number of carbonyl (C=O) groups excluding carboxylic acids is 1. The fourth-order valence-electron chi connectivity index (χ4n) is 3.59. The van der Waals surface area contributed by atoms with Crippen LogP contribution in [0.3, 0.4) is 0 Å². The standard InChI is InChI=1S/C22H29N3O3/c1-16-5-7-18(8-6-16)25-12-11-24(14-17(25)2)15-22(26)23-20-10-9-19(27-3)13-21(20)28-4/h5-10,13,17H,11-12,14-15H2,1-4H3,(H,23,26). The van der Waals surface area contributed by atoms with E-state index in [1.165, 1.54) is 11.3 Å². The molecule has 0 spiro atoms. The van der Waals surface area contributed by atoms with Crippen LogP contribution in [0.15, 0.2) is 42.5 Å². The smallest absolute Gasteiger partial charge is 0.238 e. The molecule has 2 aromatic rings. The summed E-state index contributed by atoms with van der Waals surface area (Å²) in [7, 11) is 3.18. The summed E-state index contributed by atoms with van der Waals surface area (Å²) in [6.07, 6.45) is 0. The van der Waals surface area contributed by atoms with Crippen molar-refractivity contribution in [3.8, 4) is 11.5 Å². The monoisotopic (exact) mass is 383 g/mol. The molecule has 1 unspecified atom stereocenters. The molecule has 0 radical (unpaired) electrons. The molecule has 28 heavy (non-hydrogen) atoms. The van der Waals surface area contributed by atoms with Gasteiger partial charge in [-0.3, -0.25) is 9.69 Å². The molecule has 6 nitrogen and oxygen atoms in total. The lowest BCUT2D eigenvalue weighted by Crippen LogP contribution is -2.53. The van der Waals surface area contributed by atoms with Gasteiger partial charge in [0.2, 0.25) is 5.91 Å². The Morgan fingerprint density at radius 3 is 2.50 bits per heavy atom. The summed E-state index contributed by atoms with van der Waals surface area (Å²) in [5.74, 6) is 1.24. The highest BCUT2D eigenvalue weighted by molar-refractivity contribution is 5.93. The van der Waals surface area contributed by atoms with Crippen molar-refractivity contribution in [2.75, 3.05) is 50.6 Å². The van der Waals surface area contributed by atoms with E-state index < -0.39 is 0 Å². The number of carbonyl (C=O) groups is 1. The molecule has 1 atom stereocenters. The van der Waals surface area contributed by atoms with Crippen molar-refractivity contribution >= 4 is 17.3 Å². The fraction of sp³-hybridized carbons (Fsp3) is 0.409. The summed E-state index contributed by atoms with van der Waals surface area (Å²) < 4.78 is 10.5. The van der Waals surface area contributed by atoms with Crippen molar-refractivity contribution in [2.45, 2.75) is 19.9 Å². The molecule has 6 heteroatoms. The van der Waals surface area contributed by atoms with Crippen molar-refractivity contribution in [3.63, 3.8) is 0 Å². The Morgan fingerprint density at radius 2 is 1.86 bits per heavy atom. The second-order valence-electron chi connectivity index (χ2n) is 7.23. The molecule has 1 aliphatic rings. The van der Waals surface area contributed by atoms with Gasteiger partial charge in [0.25, 0.3) is 0 Å². The van der Waals surface area contributed by atoms with Crippen molar-refractivity contribution in [1.29, 1.82) is 0 Å². The number of benzene rings is 2. The van der Waals surface area contributed by atoms with Crippen LogP contribution in [0.5, 0.6) is 11.5 Å². The maximum absolute atomic E-state index is 12.5. The number of ether oxygens (including phenoxy) is 2. The highest BCUT2D eigenvalue weighted by Crippen LogP contribution is 2.29. The zero-order valence-corrected chi connectivity index (χ0v) is 17.1. The summed E-state index contributed by atoms with van der Waals surface area (Å²) in [4.78, 5) is 17.1. The predicted octanol–water partition coefficient (Wildman–Crippen LogP) is 3.16. The Balaban J connectivity index is 1.56. The van der Waals surface area contributed by atoms with Crippen LogP contribution in [0.2, 0.25) is 0 Å². The van der Waals surface area contributed by atoms with Crippen LogP contribution in [-0.2, 0) is 4.79 Å². The lowest BCUT2D eigenvalue weighted by Gasteiger charge is -2.41. The van der Waals surface area contributed by atoms with E-state index in [1.807, 2.05) is 0 Å². The van der Waals surface area contributed by atoms with E-state index in [0.29, 0.717) is 29.8 Å². The number of amides is 1. The molecule has 3 rings (SSSR count). The van der Waals surface area contributed by atoms with Gasteiger partial charge in [0.05, 0.1) is 26.5 Å². The summed E-state index contributed by atoms with van der Waals surface area (Å²) in [5.41, 5.74) is 3.16. The zero-order chi connectivity index (χ0) is 20.1. The number of hydrogen-bond donors (Lipinski definition) is 1. The maximum atomic E-state index is 12.5.